The number of amides is 1. The maximum Gasteiger partial charge on any atom is 0.419 e. The molecule has 1 atom stereocenters. The Morgan fingerprint density at radius 3 is 2.69 bits per heavy atom. The van der Waals surface area contributed by atoms with Crippen LogP contribution in [0.4, 0.5) is 33.6 Å². The minimum Gasteiger partial charge on any atom is -0.405 e. The Labute approximate surface area is 179 Å². The lowest BCUT2D eigenvalue weighted by Crippen LogP contribution is -2.47. The van der Waals surface area contributed by atoms with E-state index in [1.165, 1.54) is 36.8 Å². The van der Waals surface area contributed by atoms with E-state index in [-0.39, 0.29) is 23.9 Å². The Morgan fingerprint density at radius 2 is 2.03 bits per heavy atom. The number of aliphatic imine (C=N–C) groups is 1. The molecule has 0 spiro atoms. The molecule has 3 rings (SSSR count). The van der Waals surface area contributed by atoms with Gasteiger partial charge in [0.2, 0.25) is 5.95 Å². The lowest BCUT2D eigenvalue weighted by molar-refractivity contribution is -0.138. The monoisotopic (exact) mass is 455 g/mol. The number of alkyl halides is 5. The summed E-state index contributed by atoms with van der Waals surface area (Å²) < 4.78 is 66.9. The predicted octanol–water partition coefficient (Wildman–Crippen LogP) is 3.03. The van der Waals surface area contributed by atoms with Gasteiger partial charge in [0.15, 0.2) is 5.69 Å². The van der Waals surface area contributed by atoms with E-state index in [2.05, 4.69) is 25.3 Å². The van der Waals surface area contributed by atoms with Crippen molar-refractivity contribution in [1.29, 1.82) is 0 Å². The van der Waals surface area contributed by atoms with E-state index in [9.17, 15) is 26.7 Å². The number of aromatic nitrogens is 3. The van der Waals surface area contributed by atoms with Gasteiger partial charge < -0.3 is 16.0 Å². The number of rotatable bonds is 6. The highest BCUT2D eigenvalue weighted by Crippen LogP contribution is 2.36. The molecule has 3 heterocycles. The van der Waals surface area contributed by atoms with Gasteiger partial charge in [-0.3, -0.25) is 9.79 Å². The number of hydrogen-bond acceptors (Lipinski definition) is 7. The Kier molecular flexibility index (Phi) is 6.65. The first-order valence-electron chi connectivity index (χ1n) is 9.31. The minimum atomic E-state index is -4.62. The van der Waals surface area contributed by atoms with E-state index in [0.29, 0.717) is 12.4 Å². The molecule has 1 unspecified atom stereocenters. The highest BCUT2D eigenvalue weighted by molar-refractivity contribution is 5.98. The molecule has 2 aromatic heterocycles. The Morgan fingerprint density at radius 1 is 1.31 bits per heavy atom. The summed E-state index contributed by atoms with van der Waals surface area (Å²) >= 11 is 0. The van der Waals surface area contributed by atoms with Crippen LogP contribution in [-0.2, 0) is 6.18 Å². The van der Waals surface area contributed by atoms with Crippen molar-refractivity contribution >= 4 is 23.8 Å². The Hall–Kier alpha value is -3.64. The van der Waals surface area contributed by atoms with Crippen molar-refractivity contribution in [1.82, 2.24) is 19.9 Å². The number of pyridine rings is 1. The minimum absolute atomic E-state index is 0.123. The van der Waals surface area contributed by atoms with Crippen molar-refractivity contribution in [2.45, 2.75) is 24.6 Å². The molecular formula is C19H18F5N7O. The van der Waals surface area contributed by atoms with E-state index in [4.69, 9.17) is 5.73 Å². The largest absolute Gasteiger partial charge is 0.419 e. The maximum absolute atomic E-state index is 14.5. The van der Waals surface area contributed by atoms with Crippen LogP contribution in [0.15, 0.2) is 48.0 Å². The van der Waals surface area contributed by atoms with Gasteiger partial charge >= 0.3 is 6.18 Å². The highest BCUT2D eigenvalue weighted by atomic mass is 19.4. The summed E-state index contributed by atoms with van der Waals surface area (Å²) in [5, 5.41) is 2.48. The van der Waals surface area contributed by atoms with Crippen molar-refractivity contribution in [2.75, 3.05) is 18.4 Å². The van der Waals surface area contributed by atoms with Crippen molar-refractivity contribution in [3.05, 3.63) is 54.3 Å². The van der Waals surface area contributed by atoms with Gasteiger partial charge in [-0.1, -0.05) is 0 Å². The van der Waals surface area contributed by atoms with Gasteiger partial charge in [0, 0.05) is 44.3 Å². The van der Waals surface area contributed by atoms with Crippen LogP contribution >= 0.6 is 0 Å². The third-order valence-electron chi connectivity index (χ3n) is 4.64. The molecule has 0 saturated carbocycles. The van der Waals surface area contributed by atoms with Crippen molar-refractivity contribution in [2.24, 2.45) is 10.7 Å². The number of allylic oxidation sites excluding steroid dienone is 1. The molecule has 1 saturated heterocycles. The summed E-state index contributed by atoms with van der Waals surface area (Å²) in [6.07, 6.45) is 1.19. The molecule has 0 aromatic carbocycles. The van der Waals surface area contributed by atoms with Crippen LogP contribution in [0.25, 0.3) is 0 Å². The van der Waals surface area contributed by atoms with Crippen LogP contribution in [0.3, 0.4) is 0 Å². The predicted molar refractivity (Wildman–Crippen MR) is 106 cm³/mol. The molecule has 170 valence electrons. The molecule has 0 aliphatic carbocycles. The number of nitrogens with one attached hydrogen (secondary N) is 1. The smallest absolute Gasteiger partial charge is 0.405 e. The van der Waals surface area contributed by atoms with Gasteiger partial charge in [-0.25, -0.2) is 23.7 Å². The molecule has 1 aliphatic rings. The Bertz CT molecular complexity index is 1010. The summed E-state index contributed by atoms with van der Waals surface area (Å²) in [7, 11) is 0. The van der Waals surface area contributed by atoms with Crippen molar-refractivity contribution < 1.29 is 26.7 Å². The fraction of sp³-hybridized carbons (Fsp3) is 0.316. The Balaban J connectivity index is 1.78. The second kappa shape index (κ2) is 9.24. The van der Waals surface area contributed by atoms with Crippen molar-refractivity contribution in [3.63, 3.8) is 0 Å². The summed E-state index contributed by atoms with van der Waals surface area (Å²) in [6, 6.07) is 1.44. The van der Waals surface area contributed by atoms with Crippen LogP contribution < -0.4 is 11.1 Å². The summed E-state index contributed by atoms with van der Waals surface area (Å²) in [5.41, 5.74) is 4.21. The third-order valence-corrected chi connectivity index (χ3v) is 4.64. The lowest BCUT2D eigenvalue weighted by atomic mass is 10.1. The van der Waals surface area contributed by atoms with Crippen LogP contribution in [0.5, 0.6) is 0 Å². The molecule has 8 nitrogen and oxygen atoms in total. The van der Waals surface area contributed by atoms with Crippen LogP contribution in [0.2, 0.25) is 0 Å². The number of anilines is 1. The number of nitrogens with two attached hydrogens (primary N) is 1. The molecule has 0 radical (unpaired) electrons. The normalized spacial score (nSPS) is 18.5. The molecule has 1 aliphatic heterocycles. The van der Waals surface area contributed by atoms with Gasteiger partial charge in [-0.05, 0) is 24.4 Å². The average Bonchev–Trinajstić information content (AvgIpc) is 3.06. The topological polar surface area (TPSA) is 109 Å². The van der Waals surface area contributed by atoms with Gasteiger partial charge in [0.05, 0.1) is 11.3 Å². The van der Waals surface area contributed by atoms with Crippen LogP contribution in [0.1, 0.15) is 22.5 Å². The van der Waals surface area contributed by atoms with Gasteiger partial charge in [0.25, 0.3) is 11.8 Å². The number of likely N-dealkylation sites (tertiary alicyclic amines) is 1. The molecule has 32 heavy (non-hydrogen) atoms. The number of carbonyl (C=O) groups excluding carboxylic acids is 1. The maximum atomic E-state index is 14.5. The first kappa shape index (κ1) is 23.0. The van der Waals surface area contributed by atoms with E-state index >= 15 is 0 Å². The van der Waals surface area contributed by atoms with E-state index in [0.717, 1.165) is 4.90 Å². The van der Waals surface area contributed by atoms with E-state index in [1.807, 2.05) is 0 Å². The quantitative estimate of drug-likeness (QED) is 0.512. The molecule has 13 heteroatoms. The zero-order valence-corrected chi connectivity index (χ0v) is 16.4. The van der Waals surface area contributed by atoms with Crippen LogP contribution in [0, 0.1) is 0 Å². The number of nitrogens with zero attached hydrogens (tertiary/aromatic N) is 5. The van der Waals surface area contributed by atoms with Gasteiger partial charge in [0.1, 0.15) is 6.04 Å². The SMILES string of the molecule is NC=CC=Nc1cccnc1C(=O)N1CCC(F)(F)C1CNc1ncc(C(F)(F)F)cn1. The fourth-order valence-electron chi connectivity index (χ4n) is 3.05. The average molecular weight is 455 g/mol. The molecule has 1 fully saturated rings. The standard InChI is InChI=1S/C19H18F5N7O/c20-18(21)4-8-31(16(32)15-13(3-1-6-27-15)26-7-2-5-25)14(18)11-30-17-28-9-12(10-29-17)19(22,23)24/h1-3,5-7,9-10,14H,4,8,11,25H2,(H,28,29,30). The molecule has 0 bridgehead atoms. The fourth-order valence-corrected chi connectivity index (χ4v) is 3.05. The zero-order chi connectivity index (χ0) is 23.4. The zero-order valence-electron chi connectivity index (χ0n) is 16.4. The van der Waals surface area contributed by atoms with Crippen LogP contribution in [-0.4, -0.2) is 57.0 Å². The molecule has 1 amide bonds. The van der Waals surface area contributed by atoms with E-state index < -0.39 is 42.6 Å². The first-order chi connectivity index (χ1) is 15.1. The summed E-state index contributed by atoms with van der Waals surface area (Å²) in [5.74, 6) is -4.27. The second-order valence-corrected chi connectivity index (χ2v) is 6.73. The molecular weight excluding hydrogens is 437 g/mol. The number of hydrogen-bond donors (Lipinski definition) is 2. The van der Waals surface area contributed by atoms with Gasteiger partial charge in [-0.15, -0.1) is 0 Å². The number of halogens is 5. The second-order valence-electron chi connectivity index (χ2n) is 6.73. The van der Waals surface area contributed by atoms with E-state index in [1.54, 1.807) is 0 Å². The number of carbonyl (C=O) groups is 1. The lowest BCUT2D eigenvalue weighted by Gasteiger charge is -2.28. The molecule has 2 aromatic rings. The van der Waals surface area contributed by atoms with Gasteiger partial charge in [-0.2, -0.15) is 13.2 Å². The first-order valence-corrected chi connectivity index (χ1v) is 9.31. The van der Waals surface area contributed by atoms with Crippen molar-refractivity contribution in [3.8, 4) is 0 Å². The third kappa shape index (κ3) is 5.15. The summed E-state index contributed by atoms with van der Waals surface area (Å²) in [6.45, 7) is -0.722. The molecule has 3 N–H and O–H groups in total. The summed E-state index contributed by atoms with van der Waals surface area (Å²) in [4.78, 5) is 29.0. The highest BCUT2D eigenvalue weighted by Gasteiger charge is 2.51.